The SMILES string of the molecule is CC1(c2ccc(NO)cc2)OC=CO1. The summed E-state index contributed by atoms with van der Waals surface area (Å²) in [5.74, 6) is -0.742. The molecule has 1 aliphatic rings. The van der Waals surface area contributed by atoms with E-state index in [4.69, 9.17) is 14.7 Å². The van der Waals surface area contributed by atoms with Crippen LogP contribution < -0.4 is 5.48 Å². The van der Waals surface area contributed by atoms with Gasteiger partial charge >= 0.3 is 0 Å². The van der Waals surface area contributed by atoms with E-state index in [2.05, 4.69) is 5.48 Å². The van der Waals surface area contributed by atoms with E-state index in [-0.39, 0.29) is 0 Å². The molecule has 1 aliphatic heterocycles. The fourth-order valence-corrected chi connectivity index (χ4v) is 1.33. The summed E-state index contributed by atoms with van der Waals surface area (Å²) in [6.45, 7) is 1.83. The highest BCUT2D eigenvalue weighted by atomic mass is 16.7. The third kappa shape index (κ3) is 1.40. The molecule has 0 aromatic heterocycles. The minimum atomic E-state index is -0.742. The van der Waals surface area contributed by atoms with E-state index in [0.717, 1.165) is 5.56 Å². The highest BCUT2D eigenvalue weighted by Crippen LogP contribution is 2.31. The lowest BCUT2D eigenvalue weighted by Gasteiger charge is -2.23. The van der Waals surface area contributed by atoms with E-state index >= 15 is 0 Å². The van der Waals surface area contributed by atoms with Crippen molar-refractivity contribution < 1.29 is 14.7 Å². The van der Waals surface area contributed by atoms with Crippen LogP contribution in [0.2, 0.25) is 0 Å². The summed E-state index contributed by atoms with van der Waals surface area (Å²) >= 11 is 0. The van der Waals surface area contributed by atoms with Gasteiger partial charge in [0.25, 0.3) is 5.79 Å². The third-order valence-electron chi connectivity index (χ3n) is 2.18. The summed E-state index contributed by atoms with van der Waals surface area (Å²) in [4.78, 5) is 0. The fourth-order valence-electron chi connectivity index (χ4n) is 1.33. The van der Waals surface area contributed by atoms with Gasteiger partial charge in [-0.05, 0) is 24.3 Å². The van der Waals surface area contributed by atoms with Gasteiger partial charge in [0.2, 0.25) is 0 Å². The molecule has 14 heavy (non-hydrogen) atoms. The standard InChI is InChI=1S/C10H11NO3/c1-10(13-6-7-14-10)8-2-4-9(11-12)5-3-8/h2-7,11-12H,1H3. The molecule has 0 saturated carbocycles. The molecule has 2 N–H and O–H groups in total. The fraction of sp³-hybridized carbons (Fsp3) is 0.200. The van der Waals surface area contributed by atoms with E-state index < -0.39 is 5.79 Å². The Balaban J connectivity index is 2.24. The van der Waals surface area contributed by atoms with Crippen LogP contribution >= 0.6 is 0 Å². The largest absolute Gasteiger partial charge is 0.453 e. The smallest absolute Gasteiger partial charge is 0.273 e. The molecule has 2 rings (SSSR count). The van der Waals surface area contributed by atoms with Gasteiger partial charge in [-0.25, -0.2) is 0 Å². The second-order valence-corrected chi connectivity index (χ2v) is 3.14. The maximum absolute atomic E-state index is 8.63. The molecular formula is C10H11NO3. The lowest BCUT2D eigenvalue weighted by atomic mass is 10.1. The minimum Gasteiger partial charge on any atom is -0.453 e. The first kappa shape index (κ1) is 8.90. The predicted octanol–water partition coefficient (Wildman–Crippen LogP) is 2.18. The molecular weight excluding hydrogens is 182 g/mol. The lowest BCUT2D eigenvalue weighted by molar-refractivity contribution is -0.133. The molecule has 4 nitrogen and oxygen atoms in total. The van der Waals surface area contributed by atoms with E-state index in [9.17, 15) is 0 Å². The number of rotatable bonds is 2. The van der Waals surface area contributed by atoms with Crippen molar-refractivity contribution in [3.05, 3.63) is 42.4 Å². The van der Waals surface area contributed by atoms with Crippen LogP contribution in [0.25, 0.3) is 0 Å². The van der Waals surface area contributed by atoms with E-state index in [1.165, 1.54) is 12.5 Å². The quantitative estimate of drug-likeness (QED) is 0.707. The second kappa shape index (κ2) is 3.23. The van der Waals surface area contributed by atoms with E-state index in [1.54, 1.807) is 12.1 Å². The van der Waals surface area contributed by atoms with Crippen LogP contribution in [0.1, 0.15) is 12.5 Å². The highest BCUT2D eigenvalue weighted by molar-refractivity contribution is 5.43. The zero-order valence-corrected chi connectivity index (χ0v) is 7.73. The molecule has 0 radical (unpaired) electrons. The van der Waals surface area contributed by atoms with E-state index in [1.807, 2.05) is 19.1 Å². The van der Waals surface area contributed by atoms with Crippen LogP contribution in [0, 0.1) is 0 Å². The first-order valence-corrected chi connectivity index (χ1v) is 4.26. The summed E-state index contributed by atoms with van der Waals surface area (Å²) < 4.78 is 10.6. The molecule has 1 aromatic carbocycles. The summed E-state index contributed by atoms with van der Waals surface area (Å²) in [6.07, 6.45) is 3.02. The number of nitrogens with one attached hydrogen (secondary N) is 1. The van der Waals surface area contributed by atoms with Crippen LogP contribution in [0.5, 0.6) is 0 Å². The number of anilines is 1. The van der Waals surface area contributed by atoms with Crippen molar-refractivity contribution >= 4 is 5.69 Å². The molecule has 1 aromatic rings. The molecule has 0 unspecified atom stereocenters. The van der Waals surface area contributed by atoms with Gasteiger partial charge in [-0.3, -0.25) is 10.7 Å². The Bertz CT molecular complexity index is 337. The molecule has 0 amide bonds. The van der Waals surface area contributed by atoms with Crippen molar-refractivity contribution in [3.63, 3.8) is 0 Å². The average molecular weight is 193 g/mol. The molecule has 0 saturated heterocycles. The maximum atomic E-state index is 8.63. The summed E-state index contributed by atoms with van der Waals surface area (Å²) in [5, 5.41) is 8.63. The van der Waals surface area contributed by atoms with Gasteiger partial charge in [0.1, 0.15) is 12.5 Å². The van der Waals surface area contributed by atoms with Crippen molar-refractivity contribution in [2.75, 3.05) is 5.48 Å². The first-order chi connectivity index (χ1) is 6.74. The molecule has 0 aliphatic carbocycles. The Morgan fingerprint density at radius 1 is 1.14 bits per heavy atom. The number of hydrogen-bond donors (Lipinski definition) is 2. The summed E-state index contributed by atoms with van der Waals surface area (Å²) in [5.41, 5.74) is 3.58. The zero-order valence-electron chi connectivity index (χ0n) is 7.73. The average Bonchev–Trinajstić information content (AvgIpc) is 2.67. The van der Waals surface area contributed by atoms with E-state index in [0.29, 0.717) is 5.69 Å². The van der Waals surface area contributed by atoms with Crippen LogP contribution in [-0.4, -0.2) is 5.21 Å². The Hall–Kier alpha value is -1.68. The maximum Gasteiger partial charge on any atom is 0.273 e. The van der Waals surface area contributed by atoms with Crippen molar-refractivity contribution in [2.45, 2.75) is 12.7 Å². The van der Waals surface area contributed by atoms with Crippen molar-refractivity contribution in [3.8, 4) is 0 Å². The Morgan fingerprint density at radius 2 is 1.71 bits per heavy atom. The zero-order chi connectivity index (χ0) is 10.0. The molecule has 4 heteroatoms. The third-order valence-corrected chi connectivity index (χ3v) is 2.18. The molecule has 74 valence electrons. The van der Waals surface area contributed by atoms with Gasteiger partial charge in [0, 0.05) is 12.5 Å². The van der Waals surface area contributed by atoms with Crippen molar-refractivity contribution in [1.82, 2.24) is 0 Å². The first-order valence-electron chi connectivity index (χ1n) is 4.26. The summed E-state index contributed by atoms with van der Waals surface area (Å²) in [6, 6.07) is 7.13. The van der Waals surface area contributed by atoms with Crippen molar-refractivity contribution in [1.29, 1.82) is 0 Å². The molecule has 0 fully saturated rings. The van der Waals surface area contributed by atoms with Crippen LogP contribution in [-0.2, 0) is 15.3 Å². The molecule has 0 atom stereocenters. The van der Waals surface area contributed by atoms with Gasteiger partial charge in [-0.15, -0.1) is 0 Å². The van der Waals surface area contributed by atoms with Gasteiger partial charge in [0.05, 0.1) is 5.69 Å². The van der Waals surface area contributed by atoms with Gasteiger partial charge in [0.15, 0.2) is 0 Å². The normalized spacial score (nSPS) is 17.3. The Morgan fingerprint density at radius 3 is 2.21 bits per heavy atom. The predicted molar refractivity (Wildman–Crippen MR) is 50.5 cm³/mol. The number of hydrogen-bond acceptors (Lipinski definition) is 4. The number of benzene rings is 1. The monoisotopic (exact) mass is 193 g/mol. The highest BCUT2D eigenvalue weighted by Gasteiger charge is 2.31. The van der Waals surface area contributed by atoms with Crippen LogP contribution in [0.3, 0.4) is 0 Å². The van der Waals surface area contributed by atoms with Crippen LogP contribution in [0.15, 0.2) is 36.8 Å². The lowest BCUT2D eigenvalue weighted by Crippen LogP contribution is -2.21. The van der Waals surface area contributed by atoms with Gasteiger partial charge in [-0.1, -0.05) is 0 Å². The van der Waals surface area contributed by atoms with Gasteiger partial charge in [-0.2, -0.15) is 0 Å². The number of ether oxygens (including phenoxy) is 2. The summed E-state index contributed by atoms with van der Waals surface area (Å²) in [7, 11) is 0. The van der Waals surface area contributed by atoms with Crippen molar-refractivity contribution in [2.24, 2.45) is 0 Å². The van der Waals surface area contributed by atoms with Crippen LogP contribution in [0.4, 0.5) is 5.69 Å². The topological polar surface area (TPSA) is 50.7 Å². The molecule has 0 bridgehead atoms. The minimum absolute atomic E-state index is 0.628. The second-order valence-electron chi connectivity index (χ2n) is 3.14. The Labute approximate surface area is 81.7 Å². The molecule has 0 spiro atoms. The Kier molecular flexibility index (Phi) is 2.05. The van der Waals surface area contributed by atoms with Gasteiger partial charge < -0.3 is 9.47 Å². The molecule has 1 heterocycles.